The lowest BCUT2D eigenvalue weighted by molar-refractivity contribution is 0.606. The summed E-state index contributed by atoms with van der Waals surface area (Å²) in [7, 11) is 0. The molecule has 0 aliphatic heterocycles. The summed E-state index contributed by atoms with van der Waals surface area (Å²) in [4.78, 5) is 0. The molecule has 92 valence electrons. The molecule has 1 aromatic carbocycles. The van der Waals surface area contributed by atoms with Gasteiger partial charge in [-0.15, -0.1) is 6.58 Å². The van der Waals surface area contributed by atoms with Gasteiger partial charge in [-0.05, 0) is 30.9 Å². The summed E-state index contributed by atoms with van der Waals surface area (Å²) in [5, 5.41) is 3.14. The number of unbranched alkanes of at least 4 members (excludes halogenated alkanes) is 1. The van der Waals surface area contributed by atoms with Crippen LogP contribution in [-0.4, -0.2) is 6.54 Å². The van der Waals surface area contributed by atoms with Gasteiger partial charge in [0.2, 0.25) is 0 Å². The van der Waals surface area contributed by atoms with Crippen molar-refractivity contribution >= 4 is 5.70 Å². The maximum atomic E-state index is 14.0. The van der Waals surface area contributed by atoms with Crippen molar-refractivity contribution in [1.29, 1.82) is 0 Å². The Morgan fingerprint density at radius 2 is 2.24 bits per heavy atom. The minimum atomic E-state index is -0.156. The van der Waals surface area contributed by atoms with Crippen molar-refractivity contribution in [2.24, 2.45) is 0 Å². The van der Waals surface area contributed by atoms with E-state index in [-0.39, 0.29) is 5.82 Å². The molecule has 0 spiro atoms. The Bertz CT molecular complexity index is 396. The predicted molar refractivity (Wildman–Crippen MR) is 72.2 cm³/mol. The van der Waals surface area contributed by atoms with Crippen LogP contribution in [-0.2, 0) is 6.42 Å². The van der Waals surface area contributed by atoms with E-state index in [1.54, 1.807) is 6.07 Å². The number of halogens is 1. The minimum Gasteiger partial charge on any atom is -0.385 e. The van der Waals surface area contributed by atoms with Crippen molar-refractivity contribution in [2.45, 2.75) is 26.2 Å². The van der Waals surface area contributed by atoms with Gasteiger partial charge in [-0.3, -0.25) is 0 Å². The topological polar surface area (TPSA) is 12.0 Å². The number of nitrogens with one attached hydrogen (secondary N) is 1. The third-order valence-corrected chi connectivity index (χ3v) is 2.71. The summed E-state index contributed by atoms with van der Waals surface area (Å²) in [6, 6.07) is 5.44. The first kappa shape index (κ1) is 13.5. The first-order chi connectivity index (χ1) is 8.20. The summed E-state index contributed by atoms with van der Waals surface area (Å²) in [6.07, 6.45) is 4.52. The molecule has 1 nitrogen and oxygen atoms in total. The van der Waals surface area contributed by atoms with Crippen LogP contribution >= 0.6 is 0 Å². The molecule has 0 aliphatic rings. The van der Waals surface area contributed by atoms with Crippen LogP contribution in [0.3, 0.4) is 0 Å². The molecule has 1 N–H and O–H groups in total. The Balaban J connectivity index is 2.65. The molecule has 0 heterocycles. The van der Waals surface area contributed by atoms with Crippen LogP contribution in [0.15, 0.2) is 37.4 Å². The van der Waals surface area contributed by atoms with E-state index in [4.69, 9.17) is 0 Å². The van der Waals surface area contributed by atoms with E-state index in [1.807, 2.05) is 25.1 Å². The zero-order valence-electron chi connectivity index (χ0n) is 10.4. The molecule has 0 unspecified atom stereocenters. The number of hydrogen-bond donors (Lipinski definition) is 1. The predicted octanol–water partition coefficient (Wildman–Crippen LogP) is 3.91. The first-order valence-electron chi connectivity index (χ1n) is 6.02. The van der Waals surface area contributed by atoms with Crippen LogP contribution in [0.5, 0.6) is 0 Å². The fourth-order valence-electron chi connectivity index (χ4n) is 1.67. The maximum Gasteiger partial charge on any atom is 0.135 e. The van der Waals surface area contributed by atoms with Crippen molar-refractivity contribution in [3.8, 4) is 0 Å². The number of rotatable bonds is 7. The Morgan fingerprint density at radius 3 is 2.88 bits per heavy atom. The van der Waals surface area contributed by atoms with Crippen molar-refractivity contribution in [3.63, 3.8) is 0 Å². The second-order valence-electron chi connectivity index (χ2n) is 3.97. The normalized spacial score (nSPS) is 10.0. The third kappa shape index (κ3) is 3.74. The van der Waals surface area contributed by atoms with Gasteiger partial charge in [-0.2, -0.15) is 0 Å². The molecular formula is C15H20FN. The molecule has 0 aliphatic carbocycles. The number of benzene rings is 1. The molecule has 1 rings (SSSR count). The van der Waals surface area contributed by atoms with Gasteiger partial charge in [-0.25, -0.2) is 4.39 Å². The van der Waals surface area contributed by atoms with Crippen LogP contribution in [0.4, 0.5) is 4.39 Å². The molecule has 0 amide bonds. The highest BCUT2D eigenvalue weighted by Crippen LogP contribution is 2.18. The SMILES string of the molecule is C=CCCCNC(=C)c1cccc(CC)c1F. The zero-order chi connectivity index (χ0) is 12.7. The van der Waals surface area contributed by atoms with Crippen LogP contribution < -0.4 is 5.32 Å². The molecule has 17 heavy (non-hydrogen) atoms. The van der Waals surface area contributed by atoms with E-state index in [0.29, 0.717) is 17.7 Å². The standard InChI is InChI=1S/C15H20FN/c1-4-6-7-11-17-12(3)14-10-8-9-13(5-2)15(14)16/h4,8-10,17H,1,3,5-7,11H2,2H3. The van der Waals surface area contributed by atoms with Crippen LogP contribution in [0, 0.1) is 5.82 Å². The lowest BCUT2D eigenvalue weighted by Gasteiger charge is -2.12. The Kier molecular flexibility index (Phi) is 5.47. The molecule has 0 radical (unpaired) electrons. The van der Waals surface area contributed by atoms with Gasteiger partial charge in [0, 0.05) is 17.8 Å². The lowest BCUT2D eigenvalue weighted by atomic mass is 10.1. The van der Waals surface area contributed by atoms with Crippen LogP contribution in [0.25, 0.3) is 5.70 Å². The van der Waals surface area contributed by atoms with E-state index < -0.39 is 0 Å². The summed E-state index contributed by atoms with van der Waals surface area (Å²) in [5.41, 5.74) is 1.96. The smallest absolute Gasteiger partial charge is 0.135 e. The van der Waals surface area contributed by atoms with Gasteiger partial charge in [0.05, 0.1) is 0 Å². The molecule has 1 aromatic rings. The van der Waals surface area contributed by atoms with E-state index >= 15 is 0 Å². The average molecular weight is 233 g/mol. The highest BCUT2D eigenvalue weighted by molar-refractivity contribution is 5.62. The van der Waals surface area contributed by atoms with E-state index in [2.05, 4.69) is 18.5 Å². The van der Waals surface area contributed by atoms with Gasteiger partial charge < -0.3 is 5.32 Å². The Labute approximate surface area is 103 Å². The molecule has 0 saturated heterocycles. The third-order valence-electron chi connectivity index (χ3n) is 2.71. The van der Waals surface area contributed by atoms with Gasteiger partial charge in [0.25, 0.3) is 0 Å². The summed E-state index contributed by atoms with van der Waals surface area (Å²) < 4.78 is 14.0. The molecular weight excluding hydrogens is 213 g/mol. The summed E-state index contributed by atoms with van der Waals surface area (Å²) in [5.74, 6) is -0.156. The number of allylic oxidation sites excluding steroid dienone is 1. The fourth-order valence-corrected chi connectivity index (χ4v) is 1.67. The van der Waals surface area contributed by atoms with Crippen LogP contribution in [0.2, 0.25) is 0 Å². The number of aryl methyl sites for hydroxylation is 1. The van der Waals surface area contributed by atoms with Crippen LogP contribution in [0.1, 0.15) is 30.9 Å². The van der Waals surface area contributed by atoms with Gasteiger partial charge in [0.1, 0.15) is 5.82 Å². The monoisotopic (exact) mass is 233 g/mol. The molecule has 0 aromatic heterocycles. The fraction of sp³-hybridized carbons (Fsp3) is 0.333. The Hall–Kier alpha value is -1.57. The molecule has 2 heteroatoms. The molecule has 0 saturated carbocycles. The second kappa shape index (κ2) is 6.89. The Morgan fingerprint density at radius 1 is 1.47 bits per heavy atom. The van der Waals surface area contributed by atoms with Crippen molar-refractivity contribution < 1.29 is 4.39 Å². The maximum absolute atomic E-state index is 14.0. The highest BCUT2D eigenvalue weighted by atomic mass is 19.1. The van der Waals surface area contributed by atoms with E-state index in [9.17, 15) is 4.39 Å². The number of hydrogen-bond acceptors (Lipinski definition) is 1. The van der Waals surface area contributed by atoms with Gasteiger partial charge >= 0.3 is 0 Å². The van der Waals surface area contributed by atoms with Gasteiger partial charge in [-0.1, -0.05) is 31.7 Å². The zero-order valence-corrected chi connectivity index (χ0v) is 10.4. The lowest BCUT2D eigenvalue weighted by Crippen LogP contribution is -2.14. The largest absolute Gasteiger partial charge is 0.385 e. The summed E-state index contributed by atoms with van der Waals surface area (Å²) in [6.45, 7) is 10.3. The molecule has 0 fully saturated rings. The molecule has 0 bridgehead atoms. The summed E-state index contributed by atoms with van der Waals surface area (Å²) >= 11 is 0. The molecule has 0 atom stereocenters. The van der Waals surface area contributed by atoms with E-state index in [1.165, 1.54) is 0 Å². The van der Waals surface area contributed by atoms with Crippen molar-refractivity contribution in [3.05, 3.63) is 54.4 Å². The minimum absolute atomic E-state index is 0.156. The first-order valence-corrected chi connectivity index (χ1v) is 6.02. The average Bonchev–Trinajstić information content (AvgIpc) is 2.34. The quantitative estimate of drug-likeness (QED) is 0.556. The highest BCUT2D eigenvalue weighted by Gasteiger charge is 2.08. The second-order valence-corrected chi connectivity index (χ2v) is 3.97. The van der Waals surface area contributed by atoms with E-state index in [0.717, 1.165) is 24.9 Å². The van der Waals surface area contributed by atoms with Crippen molar-refractivity contribution in [2.75, 3.05) is 6.54 Å². The van der Waals surface area contributed by atoms with Crippen molar-refractivity contribution in [1.82, 2.24) is 5.32 Å². The van der Waals surface area contributed by atoms with Gasteiger partial charge in [0.15, 0.2) is 0 Å².